The van der Waals surface area contributed by atoms with Crippen LogP contribution < -0.4 is 5.73 Å². The average molecular weight is 200 g/mol. The summed E-state index contributed by atoms with van der Waals surface area (Å²) in [6, 6.07) is 0. The molecule has 0 fully saturated rings. The Labute approximate surface area is 82.3 Å². The molecule has 0 radical (unpaired) electrons. The van der Waals surface area contributed by atoms with Crippen LogP contribution in [0.3, 0.4) is 0 Å². The minimum Gasteiger partial charge on any atom is -0.394 e. The second-order valence-corrected chi connectivity index (χ2v) is 3.88. The lowest BCUT2D eigenvalue weighted by Crippen LogP contribution is -2.29. The number of hydrogen-bond donors (Lipinski definition) is 3. The van der Waals surface area contributed by atoms with Gasteiger partial charge < -0.3 is 15.9 Å². The highest BCUT2D eigenvalue weighted by atomic mass is 16.3. The Hall–Kier alpha value is -0.980. The fourth-order valence-electron chi connectivity index (χ4n) is 0.957. The molecule has 1 heterocycles. The highest BCUT2D eigenvalue weighted by Gasteiger charge is 2.18. The molecule has 0 aliphatic heterocycles. The lowest BCUT2D eigenvalue weighted by atomic mass is 10.0. The van der Waals surface area contributed by atoms with Gasteiger partial charge >= 0.3 is 0 Å². The Morgan fingerprint density at radius 1 is 1.64 bits per heavy atom. The van der Waals surface area contributed by atoms with Gasteiger partial charge in [0.15, 0.2) is 0 Å². The molecule has 4 N–H and O–H groups in total. The maximum absolute atomic E-state index is 9.15. The highest BCUT2D eigenvalue weighted by molar-refractivity contribution is 5.05. The summed E-state index contributed by atoms with van der Waals surface area (Å²) in [4.78, 5) is 0. The van der Waals surface area contributed by atoms with Crippen LogP contribution >= 0.6 is 0 Å². The van der Waals surface area contributed by atoms with Crippen molar-refractivity contribution >= 4 is 0 Å². The molecule has 1 aromatic heterocycles. The molecule has 6 nitrogen and oxygen atoms in total. The first-order valence-electron chi connectivity index (χ1n) is 4.42. The number of aliphatic hydroxyl groups is 2. The molecular formula is C8H16N4O2. The van der Waals surface area contributed by atoms with Crippen molar-refractivity contribution in [3.63, 3.8) is 0 Å². The van der Waals surface area contributed by atoms with E-state index in [1.54, 1.807) is 6.20 Å². The number of nitrogens with two attached hydrogens (primary N) is 1. The van der Waals surface area contributed by atoms with Gasteiger partial charge in [0.25, 0.3) is 0 Å². The van der Waals surface area contributed by atoms with E-state index in [1.807, 2.05) is 13.8 Å². The van der Waals surface area contributed by atoms with Crippen molar-refractivity contribution in [3.8, 4) is 0 Å². The molecule has 1 rings (SSSR count). The molecule has 0 spiro atoms. The summed E-state index contributed by atoms with van der Waals surface area (Å²) < 4.78 is 1.46. The Bertz CT molecular complexity index is 292. The number of hydrogen-bond acceptors (Lipinski definition) is 5. The first-order chi connectivity index (χ1) is 6.43. The fourth-order valence-corrected chi connectivity index (χ4v) is 0.957. The van der Waals surface area contributed by atoms with E-state index in [0.717, 1.165) is 0 Å². The molecule has 0 bridgehead atoms. The average Bonchev–Trinajstić information content (AvgIpc) is 2.51. The monoisotopic (exact) mass is 200 g/mol. The predicted octanol–water partition coefficient (Wildman–Crippen LogP) is -1.17. The van der Waals surface area contributed by atoms with Crippen LogP contribution in [0.2, 0.25) is 0 Å². The first kappa shape index (κ1) is 11.1. The summed E-state index contributed by atoms with van der Waals surface area (Å²) in [5.41, 5.74) is 5.92. The standard InChI is InChI=1S/C8H16N4O2/c1-8(2,9)7-4-12(11-10-7)3-6(14)5-13/h4,6,13-14H,3,5,9H2,1-2H3. The Balaban J connectivity index is 2.69. The third-order valence-electron chi connectivity index (χ3n) is 1.81. The van der Waals surface area contributed by atoms with Crippen LogP contribution in [0.15, 0.2) is 6.20 Å². The maximum Gasteiger partial charge on any atom is 0.102 e. The summed E-state index contributed by atoms with van der Waals surface area (Å²) in [5.74, 6) is 0. The van der Waals surface area contributed by atoms with Crippen LogP contribution in [-0.4, -0.2) is 37.9 Å². The van der Waals surface area contributed by atoms with E-state index in [1.165, 1.54) is 4.68 Å². The molecule has 0 aliphatic rings. The van der Waals surface area contributed by atoms with Crippen molar-refractivity contribution in [1.29, 1.82) is 0 Å². The maximum atomic E-state index is 9.15. The number of rotatable bonds is 4. The van der Waals surface area contributed by atoms with Crippen molar-refractivity contribution in [1.82, 2.24) is 15.0 Å². The Kier molecular flexibility index (Phi) is 3.20. The lowest BCUT2D eigenvalue weighted by Gasteiger charge is -2.13. The Morgan fingerprint density at radius 3 is 2.71 bits per heavy atom. The van der Waals surface area contributed by atoms with Crippen LogP contribution in [0.5, 0.6) is 0 Å². The molecule has 0 saturated heterocycles. The zero-order valence-corrected chi connectivity index (χ0v) is 8.38. The molecule has 14 heavy (non-hydrogen) atoms. The minimum absolute atomic E-state index is 0.222. The van der Waals surface area contributed by atoms with Gasteiger partial charge in [-0.15, -0.1) is 5.10 Å². The second kappa shape index (κ2) is 4.04. The summed E-state index contributed by atoms with van der Waals surface area (Å²) >= 11 is 0. The van der Waals surface area contributed by atoms with E-state index < -0.39 is 11.6 Å². The SMILES string of the molecule is CC(C)(N)c1cn(CC(O)CO)nn1. The molecule has 1 atom stereocenters. The van der Waals surface area contributed by atoms with Gasteiger partial charge in [0, 0.05) is 0 Å². The van der Waals surface area contributed by atoms with Gasteiger partial charge in [-0.3, -0.25) is 0 Å². The molecule has 1 aromatic rings. The van der Waals surface area contributed by atoms with Crippen molar-refractivity contribution in [2.45, 2.75) is 32.0 Å². The number of aromatic nitrogens is 3. The largest absolute Gasteiger partial charge is 0.394 e. The van der Waals surface area contributed by atoms with Gasteiger partial charge in [0.05, 0.1) is 31.0 Å². The highest BCUT2D eigenvalue weighted by Crippen LogP contribution is 2.12. The van der Waals surface area contributed by atoms with Crippen LogP contribution in [-0.2, 0) is 12.1 Å². The van der Waals surface area contributed by atoms with Gasteiger partial charge in [0.1, 0.15) is 5.69 Å². The summed E-state index contributed by atoms with van der Waals surface area (Å²) in [5, 5.41) is 25.4. The number of nitrogens with zero attached hydrogens (tertiary/aromatic N) is 3. The summed E-state index contributed by atoms with van der Waals surface area (Å²) in [6.45, 7) is 3.58. The molecular weight excluding hydrogens is 184 g/mol. The molecule has 6 heteroatoms. The zero-order chi connectivity index (χ0) is 10.8. The van der Waals surface area contributed by atoms with E-state index in [0.29, 0.717) is 5.69 Å². The van der Waals surface area contributed by atoms with Crippen molar-refractivity contribution in [2.75, 3.05) is 6.61 Å². The van der Waals surface area contributed by atoms with E-state index in [2.05, 4.69) is 10.3 Å². The van der Waals surface area contributed by atoms with Gasteiger partial charge in [-0.25, -0.2) is 4.68 Å². The topological polar surface area (TPSA) is 97.2 Å². The second-order valence-electron chi connectivity index (χ2n) is 3.88. The molecule has 0 saturated carbocycles. The number of aliphatic hydroxyl groups excluding tert-OH is 2. The molecule has 0 aromatic carbocycles. The van der Waals surface area contributed by atoms with Crippen LogP contribution in [0.4, 0.5) is 0 Å². The zero-order valence-electron chi connectivity index (χ0n) is 8.38. The first-order valence-corrected chi connectivity index (χ1v) is 4.42. The minimum atomic E-state index is -0.814. The van der Waals surface area contributed by atoms with Crippen molar-refractivity contribution < 1.29 is 10.2 Å². The third-order valence-corrected chi connectivity index (χ3v) is 1.81. The van der Waals surface area contributed by atoms with Crippen molar-refractivity contribution in [2.24, 2.45) is 5.73 Å². The van der Waals surface area contributed by atoms with E-state index in [9.17, 15) is 0 Å². The van der Waals surface area contributed by atoms with Crippen LogP contribution in [0.1, 0.15) is 19.5 Å². The van der Waals surface area contributed by atoms with E-state index in [4.69, 9.17) is 15.9 Å². The third kappa shape index (κ3) is 2.76. The smallest absolute Gasteiger partial charge is 0.102 e. The van der Waals surface area contributed by atoms with E-state index >= 15 is 0 Å². The van der Waals surface area contributed by atoms with Gasteiger partial charge in [-0.1, -0.05) is 5.21 Å². The fraction of sp³-hybridized carbons (Fsp3) is 0.750. The van der Waals surface area contributed by atoms with Crippen LogP contribution in [0.25, 0.3) is 0 Å². The van der Waals surface area contributed by atoms with Gasteiger partial charge in [-0.05, 0) is 13.8 Å². The van der Waals surface area contributed by atoms with Gasteiger partial charge in [-0.2, -0.15) is 0 Å². The predicted molar refractivity (Wildman–Crippen MR) is 50.3 cm³/mol. The molecule has 0 aliphatic carbocycles. The van der Waals surface area contributed by atoms with Crippen molar-refractivity contribution in [3.05, 3.63) is 11.9 Å². The normalized spacial score (nSPS) is 14.4. The van der Waals surface area contributed by atoms with Gasteiger partial charge in [0.2, 0.25) is 0 Å². The van der Waals surface area contributed by atoms with Crippen LogP contribution in [0, 0.1) is 0 Å². The molecule has 0 amide bonds. The summed E-state index contributed by atoms with van der Waals surface area (Å²) in [7, 11) is 0. The van der Waals surface area contributed by atoms with E-state index in [-0.39, 0.29) is 13.2 Å². The lowest BCUT2D eigenvalue weighted by molar-refractivity contribution is 0.0778. The summed E-state index contributed by atoms with van der Waals surface area (Å²) in [6.07, 6.45) is 0.851. The molecule has 1 unspecified atom stereocenters. The Morgan fingerprint density at radius 2 is 2.29 bits per heavy atom. The molecule has 80 valence electrons. The quantitative estimate of drug-likeness (QED) is 0.568.